The second-order valence-electron chi connectivity index (χ2n) is 4.81. The SMILES string of the molecule is CCOC(=O)N(CC)c1ccccc1OC(=O)c1cccc(Cl)c1. The number of para-hydroxylation sites is 2. The van der Waals surface area contributed by atoms with E-state index < -0.39 is 12.1 Å². The zero-order chi connectivity index (χ0) is 17.5. The lowest BCUT2D eigenvalue weighted by Gasteiger charge is -2.22. The molecule has 2 aromatic carbocycles. The van der Waals surface area contributed by atoms with Crippen molar-refractivity contribution in [2.45, 2.75) is 13.8 Å². The smallest absolute Gasteiger partial charge is 0.414 e. The van der Waals surface area contributed by atoms with Gasteiger partial charge in [-0.2, -0.15) is 0 Å². The zero-order valence-corrected chi connectivity index (χ0v) is 14.2. The first kappa shape index (κ1) is 17.8. The molecule has 6 heteroatoms. The fourth-order valence-corrected chi connectivity index (χ4v) is 2.33. The molecule has 0 aliphatic carbocycles. The summed E-state index contributed by atoms with van der Waals surface area (Å²) in [6, 6.07) is 13.3. The third-order valence-electron chi connectivity index (χ3n) is 3.22. The van der Waals surface area contributed by atoms with E-state index in [2.05, 4.69) is 0 Å². The predicted molar refractivity (Wildman–Crippen MR) is 92.9 cm³/mol. The van der Waals surface area contributed by atoms with E-state index in [0.29, 0.717) is 22.8 Å². The maximum Gasteiger partial charge on any atom is 0.414 e. The first-order valence-corrected chi connectivity index (χ1v) is 7.95. The lowest BCUT2D eigenvalue weighted by molar-refractivity contribution is 0.0734. The quantitative estimate of drug-likeness (QED) is 0.588. The molecule has 0 heterocycles. The topological polar surface area (TPSA) is 55.8 Å². The molecule has 0 unspecified atom stereocenters. The third kappa shape index (κ3) is 4.26. The van der Waals surface area contributed by atoms with Crippen molar-refractivity contribution in [2.75, 3.05) is 18.1 Å². The van der Waals surface area contributed by atoms with Crippen LogP contribution in [0.1, 0.15) is 24.2 Å². The summed E-state index contributed by atoms with van der Waals surface area (Å²) < 4.78 is 10.5. The zero-order valence-electron chi connectivity index (χ0n) is 13.5. The summed E-state index contributed by atoms with van der Waals surface area (Å²) in [6.45, 7) is 4.19. The van der Waals surface area contributed by atoms with Crippen molar-refractivity contribution in [3.63, 3.8) is 0 Å². The number of amides is 1. The number of nitrogens with zero attached hydrogens (tertiary/aromatic N) is 1. The first-order chi connectivity index (χ1) is 11.6. The largest absolute Gasteiger partial charge is 0.449 e. The van der Waals surface area contributed by atoms with Crippen molar-refractivity contribution in [3.8, 4) is 5.75 Å². The molecule has 0 bridgehead atoms. The molecule has 0 spiro atoms. The van der Waals surface area contributed by atoms with E-state index in [1.54, 1.807) is 49.4 Å². The van der Waals surface area contributed by atoms with Crippen LogP contribution in [-0.2, 0) is 4.74 Å². The fourth-order valence-electron chi connectivity index (χ4n) is 2.14. The highest BCUT2D eigenvalue weighted by Crippen LogP contribution is 2.29. The van der Waals surface area contributed by atoms with Crippen LogP contribution in [-0.4, -0.2) is 25.2 Å². The Hall–Kier alpha value is -2.53. The molecule has 5 nitrogen and oxygen atoms in total. The van der Waals surface area contributed by atoms with Crippen molar-refractivity contribution in [1.82, 2.24) is 0 Å². The number of anilines is 1. The normalized spacial score (nSPS) is 10.1. The molecule has 0 saturated heterocycles. The van der Waals surface area contributed by atoms with E-state index in [4.69, 9.17) is 21.1 Å². The van der Waals surface area contributed by atoms with Gasteiger partial charge in [-0.25, -0.2) is 9.59 Å². The van der Waals surface area contributed by atoms with E-state index in [0.717, 1.165) is 0 Å². The van der Waals surface area contributed by atoms with Crippen LogP contribution in [0.3, 0.4) is 0 Å². The Labute approximate surface area is 145 Å². The average molecular weight is 348 g/mol. The summed E-state index contributed by atoms with van der Waals surface area (Å²) >= 11 is 5.90. The number of ether oxygens (including phenoxy) is 2. The van der Waals surface area contributed by atoms with Gasteiger partial charge >= 0.3 is 12.1 Å². The van der Waals surface area contributed by atoms with Gasteiger partial charge in [0.1, 0.15) is 0 Å². The van der Waals surface area contributed by atoms with Gasteiger partial charge in [0, 0.05) is 11.6 Å². The fraction of sp³-hybridized carbons (Fsp3) is 0.222. The highest BCUT2D eigenvalue weighted by atomic mass is 35.5. The van der Waals surface area contributed by atoms with Gasteiger partial charge in [-0.05, 0) is 44.2 Å². The first-order valence-electron chi connectivity index (χ1n) is 7.57. The Morgan fingerprint density at radius 2 is 1.83 bits per heavy atom. The van der Waals surface area contributed by atoms with Gasteiger partial charge in [0.2, 0.25) is 0 Å². The highest BCUT2D eigenvalue weighted by Gasteiger charge is 2.20. The molecule has 0 fully saturated rings. The van der Waals surface area contributed by atoms with Crippen LogP contribution in [0.25, 0.3) is 0 Å². The van der Waals surface area contributed by atoms with Gasteiger partial charge in [0.05, 0.1) is 17.9 Å². The second kappa shape index (κ2) is 8.36. The molecular weight excluding hydrogens is 330 g/mol. The summed E-state index contributed by atoms with van der Waals surface area (Å²) in [5, 5.41) is 0.444. The Balaban J connectivity index is 2.28. The van der Waals surface area contributed by atoms with E-state index in [9.17, 15) is 9.59 Å². The van der Waals surface area contributed by atoms with Crippen LogP contribution in [0.4, 0.5) is 10.5 Å². The Morgan fingerprint density at radius 3 is 2.50 bits per heavy atom. The van der Waals surface area contributed by atoms with Gasteiger partial charge < -0.3 is 9.47 Å². The molecular formula is C18H18ClNO4. The second-order valence-corrected chi connectivity index (χ2v) is 5.25. The van der Waals surface area contributed by atoms with Crippen LogP contribution in [0.2, 0.25) is 5.02 Å². The van der Waals surface area contributed by atoms with Crippen LogP contribution in [0.5, 0.6) is 5.75 Å². The van der Waals surface area contributed by atoms with Crippen molar-refractivity contribution in [1.29, 1.82) is 0 Å². The lowest BCUT2D eigenvalue weighted by Crippen LogP contribution is -2.31. The number of halogens is 1. The molecule has 0 aliphatic rings. The molecule has 0 radical (unpaired) electrons. The molecule has 2 aromatic rings. The molecule has 126 valence electrons. The molecule has 2 rings (SSSR count). The molecule has 0 aliphatic heterocycles. The average Bonchev–Trinajstić information content (AvgIpc) is 2.57. The van der Waals surface area contributed by atoms with Crippen LogP contribution in [0, 0.1) is 0 Å². The minimum atomic E-state index is -0.551. The minimum absolute atomic E-state index is 0.264. The summed E-state index contributed by atoms with van der Waals surface area (Å²) in [4.78, 5) is 25.8. The van der Waals surface area contributed by atoms with Crippen molar-refractivity contribution in [2.24, 2.45) is 0 Å². The predicted octanol–water partition coefficient (Wildman–Crippen LogP) is 4.54. The number of hydrogen-bond acceptors (Lipinski definition) is 4. The number of carbonyl (C=O) groups excluding carboxylic acids is 2. The van der Waals surface area contributed by atoms with Crippen molar-refractivity contribution in [3.05, 3.63) is 59.1 Å². The molecule has 0 aromatic heterocycles. The van der Waals surface area contributed by atoms with Crippen LogP contribution < -0.4 is 9.64 Å². The monoisotopic (exact) mass is 347 g/mol. The van der Waals surface area contributed by atoms with Gasteiger partial charge in [0.15, 0.2) is 5.75 Å². The standard InChI is InChI=1S/C18H18ClNO4/c1-3-20(18(22)23-4-2)15-10-5-6-11-16(15)24-17(21)13-8-7-9-14(19)12-13/h5-12H,3-4H2,1-2H3. The Morgan fingerprint density at radius 1 is 1.08 bits per heavy atom. The molecule has 0 saturated carbocycles. The molecule has 1 amide bonds. The lowest BCUT2D eigenvalue weighted by atomic mass is 10.2. The van der Waals surface area contributed by atoms with E-state index in [1.807, 2.05) is 6.92 Å². The Bertz CT molecular complexity index is 732. The number of hydrogen-bond donors (Lipinski definition) is 0. The van der Waals surface area contributed by atoms with E-state index >= 15 is 0 Å². The number of esters is 1. The summed E-state index contributed by atoms with van der Waals surface area (Å²) in [5.74, 6) is -0.276. The summed E-state index contributed by atoms with van der Waals surface area (Å²) in [5.41, 5.74) is 0.797. The van der Waals surface area contributed by atoms with E-state index in [-0.39, 0.29) is 12.4 Å². The number of carbonyl (C=O) groups is 2. The van der Waals surface area contributed by atoms with Crippen LogP contribution in [0.15, 0.2) is 48.5 Å². The van der Waals surface area contributed by atoms with E-state index in [1.165, 1.54) is 11.0 Å². The number of rotatable bonds is 5. The molecule has 0 N–H and O–H groups in total. The van der Waals surface area contributed by atoms with Gasteiger partial charge in [0.25, 0.3) is 0 Å². The molecule has 24 heavy (non-hydrogen) atoms. The van der Waals surface area contributed by atoms with Crippen molar-refractivity contribution < 1.29 is 19.1 Å². The molecule has 0 atom stereocenters. The van der Waals surface area contributed by atoms with Crippen molar-refractivity contribution >= 4 is 29.4 Å². The Kier molecular flexibility index (Phi) is 6.21. The maximum atomic E-state index is 12.3. The van der Waals surface area contributed by atoms with Gasteiger partial charge in [-0.3, -0.25) is 4.90 Å². The van der Waals surface area contributed by atoms with Gasteiger partial charge in [-0.1, -0.05) is 29.8 Å². The summed E-state index contributed by atoms with van der Waals surface area (Å²) in [6.07, 6.45) is -0.494. The minimum Gasteiger partial charge on any atom is -0.449 e. The van der Waals surface area contributed by atoms with Crippen LogP contribution >= 0.6 is 11.6 Å². The van der Waals surface area contributed by atoms with Gasteiger partial charge in [-0.15, -0.1) is 0 Å². The summed E-state index contributed by atoms with van der Waals surface area (Å²) in [7, 11) is 0. The number of benzene rings is 2. The third-order valence-corrected chi connectivity index (χ3v) is 3.46. The maximum absolute atomic E-state index is 12.3. The highest BCUT2D eigenvalue weighted by molar-refractivity contribution is 6.30.